The Morgan fingerprint density at radius 1 is 1.36 bits per heavy atom. The van der Waals surface area contributed by atoms with Gasteiger partial charge in [-0.2, -0.15) is 5.10 Å². The number of aliphatic carboxylic acids is 1. The molecule has 0 saturated carbocycles. The van der Waals surface area contributed by atoms with Crippen molar-refractivity contribution in [2.24, 2.45) is 5.92 Å². The van der Waals surface area contributed by atoms with Crippen LogP contribution in [0.1, 0.15) is 43.1 Å². The highest BCUT2D eigenvalue weighted by molar-refractivity contribution is 7.13. The standard InChI is InChI=1S/C20H22N4O3S/c1-12(2)24-18-15(10-21-24)14(9-16(22-18)17-6-4-8-28-17)19(25)23-7-3-5-13(11-23)20(26)27/h4,6,8-10,12-13H,3,5,7,11H2,1-2H3,(H,26,27)/t13-/m0/s1. The number of hydrogen-bond donors (Lipinski definition) is 1. The summed E-state index contributed by atoms with van der Waals surface area (Å²) in [7, 11) is 0. The van der Waals surface area contributed by atoms with Crippen LogP contribution in [0.5, 0.6) is 0 Å². The van der Waals surface area contributed by atoms with Gasteiger partial charge in [0.05, 0.1) is 33.6 Å². The van der Waals surface area contributed by atoms with E-state index in [1.807, 2.05) is 42.1 Å². The van der Waals surface area contributed by atoms with Gasteiger partial charge in [-0.05, 0) is 44.2 Å². The Kier molecular flexibility index (Phi) is 4.89. The second kappa shape index (κ2) is 7.35. The third-order valence-electron chi connectivity index (χ3n) is 5.12. The van der Waals surface area contributed by atoms with Gasteiger partial charge in [-0.3, -0.25) is 9.59 Å². The number of fused-ring (bicyclic) bond motifs is 1. The second-order valence-electron chi connectivity index (χ2n) is 7.38. The van der Waals surface area contributed by atoms with Crippen molar-refractivity contribution in [1.82, 2.24) is 19.7 Å². The average molecular weight is 398 g/mol. The summed E-state index contributed by atoms with van der Waals surface area (Å²) >= 11 is 1.57. The molecule has 0 aromatic carbocycles. The largest absolute Gasteiger partial charge is 0.481 e. The molecule has 8 heteroatoms. The van der Waals surface area contributed by atoms with Crippen molar-refractivity contribution >= 4 is 34.2 Å². The minimum Gasteiger partial charge on any atom is -0.481 e. The summed E-state index contributed by atoms with van der Waals surface area (Å²) in [6.07, 6.45) is 2.99. The van der Waals surface area contributed by atoms with E-state index < -0.39 is 11.9 Å². The van der Waals surface area contributed by atoms with Crippen LogP contribution in [0.4, 0.5) is 0 Å². The topological polar surface area (TPSA) is 88.3 Å². The summed E-state index contributed by atoms with van der Waals surface area (Å²) in [6.45, 7) is 4.86. The molecule has 0 bridgehead atoms. The van der Waals surface area contributed by atoms with E-state index >= 15 is 0 Å². The molecule has 146 valence electrons. The lowest BCUT2D eigenvalue weighted by molar-refractivity contribution is -0.143. The zero-order valence-corrected chi connectivity index (χ0v) is 16.6. The van der Waals surface area contributed by atoms with E-state index in [1.165, 1.54) is 0 Å². The van der Waals surface area contributed by atoms with Crippen LogP contribution in [0.25, 0.3) is 21.6 Å². The number of pyridine rings is 1. The molecule has 1 fully saturated rings. The van der Waals surface area contributed by atoms with Gasteiger partial charge in [-0.15, -0.1) is 11.3 Å². The number of nitrogens with zero attached hydrogens (tertiary/aromatic N) is 4. The number of aromatic nitrogens is 3. The predicted molar refractivity (Wildman–Crippen MR) is 107 cm³/mol. The molecule has 1 aliphatic rings. The van der Waals surface area contributed by atoms with Gasteiger partial charge in [0.25, 0.3) is 5.91 Å². The monoisotopic (exact) mass is 398 g/mol. The number of thiophene rings is 1. The summed E-state index contributed by atoms with van der Waals surface area (Å²) < 4.78 is 1.82. The van der Waals surface area contributed by atoms with Crippen LogP contribution in [0.3, 0.4) is 0 Å². The first-order valence-corrected chi connectivity index (χ1v) is 10.3. The number of carbonyl (C=O) groups is 2. The van der Waals surface area contributed by atoms with Crippen LogP contribution in [0.15, 0.2) is 29.8 Å². The van der Waals surface area contributed by atoms with Crippen LogP contribution < -0.4 is 0 Å². The van der Waals surface area contributed by atoms with Crippen molar-refractivity contribution in [3.63, 3.8) is 0 Å². The molecule has 3 aromatic rings. The quantitative estimate of drug-likeness (QED) is 0.724. The van der Waals surface area contributed by atoms with Crippen molar-refractivity contribution in [1.29, 1.82) is 0 Å². The average Bonchev–Trinajstić information content (AvgIpc) is 3.36. The molecular weight excluding hydrogens is 376 g/mol. The molecule has 7 nitrogen and oxygen atoms in total. The Morgan fingerprint density at radius 2 is 2.18 bits per heavy atom. The van der Waals surface area contributed by atoms with Crippen molar-refractivity contribution < 1.29 is 14.7 Å². The van der Waals surface area contributed by atoms with Gasteiger partial charge in [0, 0.05) is 19.1 Å². The molecule has 1 atom stereocenters. The Hall–Kier alpha value is -2.74. The molecule has 1 saturated heterocycles. The Labute approximate surface area is 166 Å². The SMILES string of the molecule is CC(C)n1ncc2c(C(=O)N3CCC[C@H](C(=O)O)C3)cc(-c3cccs3)nc21. The third-order valence-corrected chi connectivity index (χ3v) is 6.01. The van der Waals surface area contributed by atoms with Crippen molar-refractivity contribution in [2.45, 2.75) is 32.7 Å². The number of carbonyl (C=O) groups excluding carboxylic acids is 1. The van der Waals surface area contributed by atoms with E-state index in [-0.39, 0.29) is 18.5 Å². The smallest absolute Gasteiger partial charge is 0.308 e. The minimum absolute atomic E-state index is 0.109. The van der Waals surface area contributed by atoms with E-state index in [2.05, 4.69) is 5.10 Å². The first kappa shape index (κ1) is 18.6. The molecular formula is C20H22N4O3S. The highest BCUT2D eigenvalue weighted by Gasteiger charge is 2.30. The van der Waals surface area contributed by atoms with Gasteiger partial charge in [0.2, 0.25) is 0 Å². The number of rotatable bonds is 4. The zero-order chi connectivity index (χ0) is 19.8. The number of hydrogen-bond acceptors (Lipinski definition) is 5. The summed E-state index contributed by atoms with van der Waals surface area (Å²) in [5.74, 6) is -1.51. The van der Waals surface area contributed by atoms with Gasteiger partial charge < -0.3 is 10.0 Å². The number of carboxylic acid groups (broad SMARTS) is 1. The van der Waals surface area contributed by atoms with Crippen LogP contribution in [0, 0.1) is 5.92 Å². The van der Waals surface area contributed by atoms with Crippen molar-refractivity contribution in [3.8, 4) is 10.6 Å². The first-order chi connectivity index (χ1) is 13.5. The second-order valence-corrected chi connectivity index (χ2v) is 8.33. The molecule has 28 heavy (non-hydrogen) atoms. The highest BCUT2D eigenvalue weighted by Crippen LogP contribution is 2.30. The fraction of sp³-hybridized carbons (Fsp3) is 0.400. The lowest BCUT2D eigenvalue weighted by Crippen LogP contribution is -2.42. The molecule has 0 spiro atoms. The molecule has 0 radical (unpaired) electrons. The lowest BCUT2D eigenvalue weighted by Gasteiger charge is -2.31. The van der Waals surface area contributed by atoms with E-state index in [9.17, 15) is 14.7 Å². The molecule has 1 amide bonds. The van der Waals surface area contributed by atoms with Crippen LogP contribution in [-0.2, 0) is 4.79 Å². The number of likely N-dealkylation sites (tertiary alicyclic amines) is 1. The van der Waals surface area contributed by atoms with Crippen LogP contribution in [0.2, 0.25) is 0 Å². The Balaban J connectivity index is 1.81. The van der Waals surface area contributed by atoms with Gasteiger partial charge in [-0.25, -0.2) is 9.67 Å². The van der Waals surface area contributed by atoms with E-state index in [4.69, 9.17) is 4.98 Å². The van der Waals surface area contributed by atoms with E-state index in [0.717, 1.165) is 10.6 Å². The fourth-order valence-electron chi connectivity index (χ4n) is 3.66. The number of piperidine rings is 1. The maximum atomic E-state index is 13.4. The zero-order valence-electron chi connectivity index (χ0n) is 15.8. The van der Waals surface area contributed by atoms with E-state index in [0.29, 0.717) is 36.0 Å². The number of amides is 1. The Bertz CT molecular complexity index is 1030. The molecule has 4 heterocycles. The summed E-state index contributed by atoms with van der Waals surface area (Å²) in [5, 5.41) is 16.5. The molecule has 4 rings (SSSR count). The Morgan fingerprint density at radius 3 is 2.86 bits per heavy atom. The number of carboxylic acids is 1. The molecule has 1 aliphatic heterocycles. The van der Waals surface area contributed by atoms with Crippen molar-refractivity contribution in [3.05, 3.63) is 35.3 Å². The molecule has 0 aliphatic carbocycles. The third kappa shape index (κ3) is 3.28. The first-order valence-electron chi connectivity index (χ1n) is 9.40. The molecule has 1 N–H and O–H groups in total. The molecule has 3 aromatic heterocycles. The maximum absolute atomic E-state index is 13.4. The van der Waals surface area contributed by atoms with Crippen LogP contribution >= 0.6 is 11.3 Å². The normalized spacial score (nSPS) is 17.4. The summed E-state index contributed by atoms with van der Waals surface area (Å²) in [5.41, 5.74) is 1.95. The van der Waals surface area contributed by atoms with Gasteiger partial charge >= 0.3 is 5.97 Å². The minimum atomic E-state index is -0.843. The summed E-state index contributed by atoms with van der Waals surface area (Å²) in [4.78, 5) is 32.2. The highest BCUT2D eigenvalue weighted by atomic mass is 32.1. The van der Waals surface area contributed by atoms with E-state index in [1.54, 1.807) is 22.4 Å². The van der Waals surface area contributed by atoms with Gasteiger partial charge in [0.1, 0.15) is 0 Å². The lowest BCUT2D eigenvalue weighted by atomic mass is 9.97. The van der Waals surface area contributed by atoms with Gasteiger partial charge in [-0.1, -0.05) is 6.07 Å². The predicted octanol–water partition coefficient (Wildman–Crippen LogP) is 3.68. The molecule has 0 unspecified atom stereocenters. The maximum Gasteiger partial charge on any atom is 0.308 e. The van der Waals surface area contributed by atoms with Crippen LogP contribution in [-0.4, -0.2) is 49.7 Å². The van der Waals surface area contributed by atoms with Gasteiger partial charge in [0.15, 0.2) is 5.65 Å². The van der Waals surface area contributed by atoms with Crippen molar-refractivity contribution in [2.75, 3.05) is 13.1 Å². The summed E-state index contributed by atoms with van der Waals surface area (Å²) in [6, 6.07) is 5.85. The fourth-order valence-corrected chi connectivity index (χ4v) is 4.34.